The number of benzene rings is 2. The number of carbonyl (C=O) groups excluding carboxylic acids is 1. The first-order valence-electron chi connectivity index (χ1n) is 8.10. The molecule has 3 rings (SSSR count). The van der Waals surface area contributed by atoms with Crippen molar-refractivity contribution >= 4 is 5.91 Å². The Morgan fingerprint density at radius 1 is 1.22 bits per heavy atom. The summed E-state index contributed by atoms with van der Waals surface area (Å²) in [5.41, 5.74) is 3.22. The van der Waals surface area contributed by atoms with Gasteiger partial charge in [0.25, 0.3) is 5.91 Å². The van der Waals surface area contributed by atoms with Crippen LogP contribution in [0.1, 0.15) is 34.5 Å². The highest BCUT2D eigenvalue weighted by atomic mass is 16.5. The lowest BCUT2D eigenvalue weighted by molar-refractivity contribution is 0.0945. The monoisotopic (exact) mass is 310 g/mol. The molecule has 4 heteroatoms. The second-order valence-corrected chi connectivity index (χ2v) is 5.59. The normalized spacial score (nSPS) is 16.5. The van der Waals surface area contributed by atoms with Gasteiger partial charge in [0.15, 0.2) is 0 Å². The Morgan fingerprint density at radius 2 is 2.00 bits per heavy atom. The molecule has 0 radical (unpaired) electrons. The highest BCUT2D eigenvalue weighted by Gasteiger charge is 2.20. The molecule has 4 nitrogen and oxygen atoms in total. The zero-order valence-corrected chi connectivity index (χ0v) is 13.3. The molecule has 0 saturated heterocycles. The molecule has 23 heavy (non-hydrogen) atoms. The maximum absolute atomic E-state index is 12.5. The topological polar surface area (TPSA) is 50.4 Å². The van der Waals surface area contributed by atoms with Gasteiger partial charge in [-0.15, -0.1) is 0 Å². The number of hydrogen-bond donors (Lipinski definition) is 2. The first kappa shape index (κ1) is 15.6. The summed E-state index contributed by atoms with van der Waals surface area (Å²) in [4.78, 5) is 12.5. The molecule has 2 aromatic rings. The maximum Gasteiger partial charge on any atom is 0.255 e. The summed E-state index contributed by atoms with van der Waals surface area (Å²) in [6.07, 6.45) is 1.04. The molecule has 120 valence electrons. The number of ether oxygens (including phenoxy) is 1. The molecule has 1 aliphatic rings. The molecule has 0 aliphatic carbocycles. The minimum absolute atomic E-state index is 0.0982. The number of rotatable bonds is 5. The molecular formula is C19H22N2O2. The van der Waals surface area contributed by atoms with E-state index in [9.17, 15) is 4.79 Å². The minimum atomic E-state index is -0.0982. The molecule has 1 aliphatic heterocycles. The third kappa shape index (κ3) is 3.54. The molecule has 2 N–H and O–H groups in total. The van der Waals surface area contributed by atoms with E-state index < -0.39 is 0 Å². The fraction of sp³-hybridized carbons (Fsp3) is 0.316. The van der Waals surface area contributed by atoms with E-state index in [1.165, 1.54) is 11.1 Å². The molecule has 0 fully saturated rings. The van der Waals surface area contributed by atoms with Crippen molar-refractivity contribution in [3.8, 4) is 5.75 Å². The number of hydrogen-bond acceptors (Lipinski definition) is 3. The molecule has 0 saturated carbocycles. The molecule has 0 bridgehead atoms. The zero-order valence-electron chi connectivity index (χ0n) is 13.3. The van der Waals surface area contributed by atoms with Gasteiger partial charge < -0.3 is 15.4 Å². The Hall–Kier alpha value is -2.33. The molecule has 1 amide bonds. The average molecular weight is 310 g/mol. The Bertz CT molecular complexity index is 685. The first-order valence-corrected chi connectivity index (χ1v) is 8.10. The van der Waals surface area contributed by atoms with E-state index in [0.717, 1.165) is 13.0 Å². The number of fused-ring (bicyclic) bond motifs is 1. The second-order valence-electron chi connectivity index (χ2n) is 5.59. The van der Waals surface area contributed by atoms with Gasteiger partial charge in [0, 0.05) is 12.6 Å². The first-order chi connectivity index (χ1) is 11.3. The number of carbonyl (C=O) groups is 1. The van der Waals surface area contributed by atoms with Gasteiger partial charge in [0.2, 0.25) is 0 Å². The van der Waals surface area contributed by atoms with Crippen LogP contribution in [0.5, 0.6) is 5.75 Å². The van der Waals surface area contributed by atoms with Gasteiger partial charge in [0.05, 0.1) is 12.2 Å². The smallest absolute Gasteiger partial charge is 0.255 e. The van der Waals surface area contributed by atoms with Gasteiger partial charge in [-0.05, 0) is 43.1 Å². The van der Waals surface area contributed by atoms with Crippen molar-refractivity contribution in [3.05, 3.63) is 65.2 Å². The molecule has 0 aromatic heterocycles. The molecule has 1 heterocycles. The molecule has 1 atom stereocenters. The molecule has 2 aromatic carbocycles. The van der Waals surface area contributed by atoms with Crippen molar-refractivity contribution in [3.63, 3.8) is 0 Å². The third-order valence-electron chi connectivity index (χ3n) is 4.11. The van der Waals surface area contributed by atoms with Crippen molar-refractivity contribution in [1.29, 1.82) is 0 Å². The van der Waals surface area contributed by atoms with E-state index in [0.29, 0.717) is 24.5 Å². The van der Waals surface area contributed by atoms with Crippen LogP contribution in [-0.4, -0.2) is 25.6 Å². The summed E-state index contributed by atoms with van der Waals surface area (Å²) in [6, 6.07) is 15.9. The molecular weight excluding hydrogens is 288 g/mol. The highest BCUT2D eigenvalue weighted by Crippen LogP contribution is 2.22. The van der Waals surface area contributed by atoms with Crippen molar-refractivity contribution in [2.45, 2.75) is 19.4 Å². The Kier molecular flexibility index (Phi) is 4.93. The fourth-order valence-electron chi connectivity index (χ4n) is 3.00. The van der Waals surface area contributed by atoms with Crippen LogP contribution < -0.4 is 15.4 Å². The van der Waals surface area contributed by atoms with Gasteiger partial charge in [-0.25, -0.2) is 0 Å². The van der Waals surface area contributed by atoms with Gasteiger partial charge in [0.1, 0.15) is 5.75 Å². The predicted molar refractivity (Wildman–Crippen MR) is 90.8 cm³/mol. The van der Waals surface area contributed by atoms with Crippen molar-refractivity contribution in [2.75, 3.05) is 19.7 Å². The Balaban J connectivity index is 1.69. The minimum Gasteiger partial charge on any atom is -0.493 e. The van der Waals surface area contributed by atoms with Crippen molar-refractivity contribution in [2.24, 2.45) is 0 Å². The lowest BCUT2D eigenvalue weighted by atomic mass is 9.94. The van der Waals surface area contributed by atoms with Gasteiger partial charge >= 0.3 is 0 Å². The quantitative estimate of drug-likeness (QED) is 0.893. The van der Waals surface area contributed by atoms with Crippen LogP contribution in [0, 0.1) is 0 Å². The van der Waals surface area contributed by atoms with Crippen LogP contribution in [0.4, 0.5) is 0 Å². The predicted octanol–water partition coefficient (Wildman–Crippen LogP) is 2.70. The summed E-state index contributed by atoms with van der Waals surface area (Å²) in [7, 11) is 0. The Labute approximate surface area is 136 Å². The maximum atomic E-state index is 12.5. The van der Waals surface area contributed by atoms with Crippen LogP contribution >= 0.6 is 0 Å². The summed E-state index contributed by atoms with van der Waals surface area (Å²) in [5, 5.41) is 6.50. The van der Waals surface area contributed by atoms with Gasteiger partial charge in [-0.2, -0.15) is 0 Å². The largest absolute Gasteiger partial charge is 0.493 e. The van der Waals surface area contributed by atoms with E-state index >= 15 is 0 Å². The zero-order chi connectivity index (χ0) is 16.1. The van der Waals surface area contributed by atoms with Gasteiger partial charge in [-0.3, -0.25) is 4.79 Å². The molecule has 1 unspecified atom stereocenters. The van der Waals surface area contributed by atoms with E-state index in [1.54, 1.807) is 6.07 Å². The molecule has 0 spiro atoms. The summed E-state index contributed by atoms with van der Waals surface area (Å²) < 4.78 is 5.53. The van der Waals surface area contributed by atoms with Crippen LogP contribution in [0.2, 0.25) is 0 Å². The van der Waals surface area contributed by atoms with Crippen molar-refractivity contribution in [1.82, 2.24) is 10.6 Å². The van der Waals surface area contributed by atoms with E-state index in [1.807, 2.05) is 31.2 Å². The van der Waals surface area contributed by atoms with Crippen molar-refractivity contribution < 1.29 is 9.53 Å². The third-order valence-corrected chi connectivity index (χ3v) is 4.11. The van der Waals surface area contributed by atoms with Crippen LogP contribution in [0.3, 0.4) is 0 Å². The number of amides is 1. The summed E-state index contributed by atoms with van der Waals surface area (Å²) in [5.74, 6) is 0.531. The second kappa shape index (κ2) is 7.29. The van der Waals surface area contributed by atoms with Crippen LogP contribution in [0.15, 0.2) is 48.5 Å². The van der Waals surface area contributed by atoms with Crippen LogP contribution in [-0.2, 0) is 6.42 Å². The van der Waals surface area contributed by atoms with Gasteiger partial charge in [-0.1, -0.05) is 36.4 Å². The van der Waals surface area contributed by atoms with E-state index in [-0.39, 0.29) is 11.9 Å². The SMILES string of the molecule is CCOc1ccccc1C(=O)NCC1NCCc2ccccc21. The fourth-order valence-corrected chi connectivity index (χ4v) is 3.00. The summed E-state index contributed by atoms with van der Waals surface area (Å²) >= 11 is 0. The highest BCUT2D eigenvalue weighted by molar-refractivity contribution is 5.96. The lowest BCUT2D eigenvalue weighted by Gasteiger charge is -2.27. The standard InChI is InChI=1S/C19H22N2O2/c1-2-23-18-10-6-5-9-16(18)19(22)21-13-17-15-8-4-3-7-14(15)11-12-20-17/h3-10,17,20H,2,11-13H2,1H3,(H,21,22). The van der Waals surface area contributed by atoms with E-state index in [2.05, 4.69) is 28.8 Å². The van der Waals surface area contributed by atoms with E-state index in [4.69, 9.17) is 4.74 Å². The lowest BCUT2D eigenvalue weighted by Crippen LogP contribution is -2.38. The number of nitrogens with one attached hydrogen (secondary N) is 2. The summed E-state index contributed by atoms with van der Waals surface area (Å²) in [6.45, 7) is 3.96. The average Bonchev–Trinajstić information content (AvgIpc) is 2.60. The Morgan fingerprint density at radius 3 is 2.87 bits per heavy atom. The van der Waals surface area contributed by atoms with Crippen LogP contribution in [0.25, 0.3) is 0 Å². The number of para-hydroxylation sites is 1.